The van der Waals surface area contributed by atoms with Crippen molar-refractivity contribution in [3.05, 3.63) is 0 Å². The zero-order valence-corrected chi connectivity index (χ0v) is 86.5. The molecule has 0 rings (SSSR count). The van der Waals surface area contributed by atoms with Gasteiger partial charge in [-0.1, -0.05) is 193 Å². The van der Waals surface area contributed by atoms with Gasteiger partial charge in [0.05, 0.1) is 0 Å². The second-order valence-electron chi connectivity index (χ2n) is 22.9. The molecule has 0 amide bonds. The summed E-state index contributed by atoms with van der Waals surface area (Å²) in [5, 5.41) is 156. The molecule has 0 spiro atoms. The molecule has 2 radical (unpaired) electrons. The maximum atomic E-state index is 10.2. The first-order valence-corrected chi connectivity index (χ1v) is 30.7. The number of hydrogen-bond donors (Lipinski definition) is 0. The van der Waals surface area contributed by atoms with Crippen molar-refractivity contribution in [1.82, 2.24) is 9.80 Å². The number of carboxylic acid groups (broad SMARTS) is 12. The molecule has 0 aromatic rings. The Morgan fingerprint density at radius 3 is 0.330 bits per heavy atom. The van der Waals surface area contributed by atoms with Crippen molar-refractivity contribution >= 4 is 71.6 Å². The molecule has 0 saturated carbocycles. The van der Waals surface area contributed by atoms with Gasteiger partial charge in [0.15, 0.2) is 0 Å². The fraction of sp³-hybridized carbons (Fsp3) is 0.812. The van der Waals surface area contributed by atoms with Gasteiger partial charge in [0, 0.05) is 88.7 Å². The molecule has 0 aromatic heterocycles. The van der Waals surface area contributed by atoms with E-state index in [-0.39, 0.29) is 344 Å². The third-order valence-corrected chi connectivity index (χ3v) is 8.94. The molecule has 112 heavy (non-hydrogen) atoms. The quantitative estimate of drug-likeness (QED) is 0.0573. The van der Waals surface area contributed by atoms with Gasteiger partial charge in [-0.15, -0.1) is 26.4 Å². The molecular weight excluding hydrogens is 2060 g/mol. The first-order chi connectivity index (χ1) is 42.4. The molecule has 0 bridgehead atoms. The van der Waals surface area contributed by atoms with Crippen LogP contribution in [-0.2, 0) is 293 Å². The molecule has 0 fully saturated rings. The van der Waals surface area contributed by atoms with Crippen LogP contribution in [0.15, 0.2) is 0 Å². The van der Waals surface area contributed by atoms with Crippen molar-refractivity contribution in [1.29, 1.82) is 0 Å². The van der Waals surface area contributed by atoms with Gasteiger partial charge in [-0.25, -0.2) is 0 Å². The topological polar surface area (TPSA) is 877 Å². The molecule has 0 aliphatic rings. The van der Waals surface area contributed by atoms with Crippen LogP contribution in [0.5, 0.6) is 0 Å². The average Bonchev–Trinajstić information content (AvgIpc) is 3.43. The molecule has 0 aromatic carbocycles. The van der Waals surface area contributed by atoms with Crippen molar-refractivity contribution in [2.24, 2.45) is 71.0 Å². The van der Waals surface area contributed by atoms with Gasteiger partial charge in [-0.3, -0.25) is 0 Å². The van der Waals surface area contributed by atoms with Crippen LogP contribution in [0.1, 0.15) is 206 Å². The minimum Gasteiger partial charge on any atom is -2.00 e. The summed E-state index contributed by atoms with van der Waals surface area (Å²) < 4.78 is 0. The summed E-state index contributed by atoms with van der Waals surface area (Å²) in [5.74, 6) is -16.0. The summed E-state index contributed by atoms with van der Waals surface area (Å²) in [5.41, 5.74) is 0. The summed E-state index contributed by atoms with van der Waals surface area (Å²) in [6.45, 7) is 45.6. The van der Waals surface area contributed by atoms with Gasteiger partial charge < -0.3 is 204 Å². The van der Waals surface area contributed by atoms with Gasteiger partial charge in [0.2, 0.25) is 0 Å². The van der Waals surface area contributed by atoms with Crippen molar-refractivity contribution in [3.63, 3.8) is 0 Å². The van der Waals surface area contributed by atoms with Crippen LogP contribution in [0.4, 0.5) is 0 Å². The van der Waals surface area contributed by atoms with Crippen LogP contribution in [0.25, 0.3) is 0 Å². The zero-order valence-electron chi connectivity index (χ0n) is 69.4. The third-order valence-electron chi connectivity index (χ3n) is 8.94. The summed E-state index contributed by atoms with van der Waals surface area (Å²) >= 11 is 0. The maximum Gasteiger partial charge on any atom is 4.00 e. The first-order valence-electron chi connectivity index (χ1n) is 30.7. The SMILES string of the molecule is CC(C)C(=O)[O-].CC(C)C(=O)[O-].CC(C)C(=O)[O-].CC(C)C(=O)[O-].CC(C)C(=O)[O-].CC(C)C(=O)[O-].CC(C)C(=O)[O-].CC(C)C(=O)[O-].CC(C)C(=O)[O-].CC(C)C(=O)[O-].CC(C)C(=O)[O-].CC(C)C(=O)[O-].CCCCN(CC[O-])CC[O-].CCCCN(CC[O-])CC[O-].[Mn+3].[Mn].[O-2].[O-2].[O-2].[O-2].[O-2].[O-2].[OH-].[OH-].[OH3+].[OH3+].[Zr+3].[Zr+4].[Zr+4].[Zr+4].[Zr+4].[Zr+4]. The average molecular weight is 2190 g/mol. The number of nitrogens with zero attached hydrogens (tertiary/aromatic N) is 2. The van der Waals surface area contributed by atoms with Crippen LogP contribution in [0.3, 0.4) is 0 Å². The first kappa shape index (κ1) is 215. The number of unbranched alkanes of at least 4 members (excludes halogenated alkanes) is 2. The minimum atomic E-state index is -0.991. The number of carboxylic acids is 12. The Morgan fingerprint density at radius 1 is 0.232 bits per heavy atom. The minimum absolute atomic E-state index is 0. The van der Waals surface area contributed by atoms with E-state index in [1.54, 1.807) is 166 Å². The molecule has 40 nitrogen and oxygen atoms in total. The summed E-state index contributed by atoms with van der Waals surface area (Å²) in [6.07, 6.45) is 4.41. The van der Waals surface area contributed by atoms with E-state index in [0.29, 0.717) is 26.2 Å². The number of rotatable bonds is 26. The number of carbonyl (C=O) groups is 12. The smallest absolute Gasteiger partial charge is 2.00 e. The summed E-state index contributed by atoms with van der Waals surface area (Å²) in [7, 11) is 0. The van der Waals surface area contributed by atoms with E-state index in [9.17, 15) is 139 Å². The predicted octanol–water partition coefficient (Wildman–Crippen LogP) is -12.6. The van der Waals surface area contributed by atoms with Crippen LogP contribution < -0.4 is 81.7 Å². The maximum absolute atomic E-state index is 10.2. The second-order valence-corrected chi connectivity index (χ2v) is 22.9. The van der Waals surface area contributed by atoms with Crippen LogP contribution in [-0.4, -0.2) is 158 Å². The molecule has 0 aliphatic carbocycles. The Morgan fingerprint density at radius 2 is 0.295 bits per heavy atom. The Bertz CT molecular complexity index is 1460. The molecule has 0 heterocycles. The Labute approximate surface area is 800 Å². The van der Waals surface area contributed by atoms with Gasteiger partial charge in [0.25, 0.3) is 0 Å². The third kappa shape index (κ3) is 283. The Hall–Kier alpha value is -0.662. The van der Waals surface area contributed by atoms with Crippen molar-refractivity contribution in [3.8, 4) is 0 Å². The van der Waals surface area contributed by atoms with E-state index < -0.39 is 71.6 Å². The predicted molar refractivity (Wildman–Crippen MR) is 338 cm³/mol. The largest absolute Gasteiger partial charge is 4.00 e. The fourth-order valence-electron chi connectivity index (χ4n) is 1.95. The van der Waals surface area contributed by atoms with E-state index in [4.69, 9.17) is 0 Å². The van der Waals surface area contributed by atoms with E-state index in [1.807, 2.05) is 9.80 Å². The molecule has 0 unspecified atom stereocenters. The monoisotopic (exact) mass is 2180 g/mol. The van der Waals surface area contributed by atoms with E-state index in [0.717, 1.165) is 38.8 Å². The van der Waals surface area contributed by atoms with E-state index >= 15 is 0 Å². The van der Waals surface area contributed by atoms with E-state index in [2.05, 4.69) is 13.8 Å². The number of carbonyl (C=O) groups excluding carboxylic acids is 12. The second kappa shape index (κ2) is 158. The molecule has 0 aliphatic heterocycles. The van der Waals surface area contributed by atoms with Crippen molar-refractivity contribution in [2.75, 3.05) is 65.7 Å². The molecular formula is C64H126Mn2N2O38Zr6-2. The van der Waals surface area contributed by atoms with Crippen LogP contribution in [0.2, 0.25) is 0 Å². The Balaban J connectivity index is -0.0000000204. The van der Waals surface area contributed by atoms with Gasteiger partial charge in [-0.2, -0.15) is 0 Å². The van der Waals surface area contributed by atoms with Crippen molar-refractivity contribution in [2.45, 2.75) is 206 Å². The van der Waals surface area contributed by atoms with Gasteiger partial charge in [-0.05, 0) is 123 Å². The summed E-state index contributed by atoms with van der Waals surface area (Å²) in [4.78, 5) is 119. The fourth-order valence-corrected chi connectivity index (χ4v) is 1.95. The summed E-state index contributed by atoms with van der Waals surface area (Å²) in [6, 6.07) is 0. The van der Waals surface area contributed by atoms with E-state index in [1.165, 1.54) is 0 Å². The number of hydrogen-bond acceptors (Lipinski definition) is 32. The normalized spacial score (nSPS) is 8.04. The van der Waals surface area contributed by atoms with Crippen molar-refractivity contribution < 1.29 is 385 Å². The standard InChI is InChI=1S/2C8H17NO2.12C4H8O2.2Mn.4H2O.6O.6Zr/c2*1-2-3-4-9(5-7-10)6-8-11;12*1-3(2)4(5)6;;;;;;;;;;;;;;;;;;/h2*2-8H2,1H3;12*3H,1-2H3,(H,5,6);;;4*1H2;;;;;;;;;;;;/q2*-2;;;;;;;;;;;;;;+3;;;;;6*-2;+3;5*+4/p-12. The molecule has 0 atom stereocenters. The molecule has 660 valence electrons. The van der Waals surface area contributed by atoms with Crippen LogP contribution >= 0.6 is 0 Å². The van der Waals surface area contributed by atoms with Gasteiger partial charge in [0.1, 0.15) is 0 Å². The van der Waals surface area contributed by atoms with Gasteiger partial charge >= 0.3 is 174 Å². The Kier molecular flexibility index (Phi) is 304. The molecule has 8 N–H and O–H groups in total. The molecule has 0 saturated heterocycles. The number of aliphatic carboxylic acids is 12. The zero-order chi connectivity index (χ0) is 78.9. The van der Waals surface area contributed by atoms with Crippen LogP contribution in [0, 0.1) is 71.0 Å². The molecule has 48 heteroatoms.